The predicted molar refractivity (Wildman–Crippen MR) is 38.2 cm³/mol. The summed E-state index contributed by atoms with van der Waals surface area (Å²) < 4.78 is 0. The van der Waals surface area contributed by atoms with Crippen molar-refractivity contribution in [3.63, 3.8) is 0 Å². The molecule has 8 heavy (non-hydrogen) atoms. The van der Waals surface area contributed by atoms with Gasteiger partial charge < -0.3 is 5.73 Å². The first-order chi connectivity index (χ1) is 3.68. The average molecular weight is 136 g/mol. The van der Waals surface area contributed by atoms with Crippen LogP contribution in [0.25, 0.3) is 0 Å². The van der Waals surface area contributed by atoms with Gasteiger partial charge in [0.15, 0.2) is 0 Å². The van der Waals surface area contributed by atoms with E-state index in [9.17, 15) is 0 Å². The number of alkyl halides is 1. The molecule has 0 radical (unpaired) electrons. The first-order valence-corrected chi connectivity index (χ1v) is 3.53. The number of nitrogens with two attached hydrogens (primary N) is 1. The van der Waals surface area contributed by atoms with Gasteiger partial charge in [-0.2, -0.15) is 0 Å². The lowest BCUT2D eigenvalue weighted by atomic mass is 10.0. The van der Waals surface area contributed by atoms with Crippen molar-refractivity contribution in [2.75, 3.05) is 5.88 Å². The summed E-state index contributed by atoms with van der Waals surface area (Å²) in [4.78, 5) is 0. The van der Waals surface area contributed by atoms with Gasteiger partial charge in [-0.15, -0.1) is 11.6 Å². The normalized spacial score (nSPS) is 14.6. The Bertz CT molecular complexity index is 54.5. The number of hydrogen-bond acceptors (Lipinski definition) is 1. The average Bonchev–Trinajstić information content (AvgIpc) is 1.67. The van der Waals surface area contributed by atoms with Gasteiger partial charge in [-0.25, -0.2) is 0 Å². The fourth-order valence-corrected chi connectivity index (χ4v) is 0.711. The highest BCUT2D eigenvalue weighted by Crippen LogP contribution is 2.02. The van der Waals surface area contributed by atoms with Crippen LogP contribution in [-0.4, -0.2) is 11.9 Å². The molecule has 2 heteroatoms. The molecule has 0 amide bonds. The van der Waals surface area contributed by atoms with E-state index < -0.39 is 0 Å². The zero-order valence-corrected chi connectivity index (χ0v) is 6.28. The maximum absolute atomic E-state index is 5.64. The lowest BCUT2D eigenvalue weighted by Gasteiger charge is -2.12. The lowest BCUT2D eigenvalue weighted by Crippen LogP contribution is -2.26. The van der Waals surface area contributed by atoms with Crippen molar-refractivity contribution in [1.82, 2.24) is 0 Å². The Kier molecular flexibility index (Phi) is 4.29. The molecule has 0 aromatic rings. The summed E-state index contributed by atoms with van der Waals surface area (Å²) in [6, 6.07) is 0.285. The van der Waals surface area contributed by atoms with Gasteiger partial charge >= 0.3 is 0 Å². The van der Waals surface area contributed by atoms with Crippen molar-refractivity contribution in [2.24, 2.45) is 11.7 Å². The zero-order chi connectivity index (χ0) is 6.57. The van der Waals surface area contributed by atoms with E-state index in [2.05, 4.69) is 13.8 Å². The molecule has 0 aliphatic rings. The topological polar surface area (TPSA) is 26.0 Å². The van der Waals surface area contributed by atoms with Crippen molar-refractivity contribution in [1.29, 1.82) is 0 Å². The molecule has 1 atom stereocenters. The second kappa shape index (κ2) is 4.16. The van der Waals surface area contributed by atoms with Crippen LogP contribution in [0.15, 0.2) is 0 Å². The van der Waals surface area contributed by atoms with Crippen LogP contribution in [0.1, 0.15) is 20.3 Å². The van der Waals surface area contributed by atoms with Gasteiger partial charge in [-0.05, 0) is 12.3 Å². The van der Waals surface area contributed by atoms with Crippen LogP contribution < -0.4 is 5.73 Å². The van der Waals surface area contributed by atoms with E-state index >= 15 is 0 Å². The molecule has 0 aromatic carbocycles. The van der Waals surface area contributed by atoms with Gasteiger partial charge in [0.05, 0.1) is 0 Å². The second-order valence-electron chi connectivity index (χ2n) is 2.39. The van der Waals surface area contributed by atoms with E-state index in [0.29, 0.717) is 11.8 Å². The summed E-state index contributed by atoms with van der Waals surface area (Å²) in [5.74, 6) is 1.24. The summed E-state index contributed by atoms with van der Waals surface area (Å²) >= 11 is 5.46. The molecule has 0 heterocycles. The van der Waals surface area contributed by atoms with Crippen molar-refractivity contribution in [2.45, 2.75) is 26.3 Å². The minimum Gasteiger partial charge on any atom is -0.327 e. The summed E-state index contributed by atoms with van der Waals surface area (Å²) in [6.07, 6.45) is 0.930. The van der Waals surface area contributed by atoms with E-state index in [1.165, 1.54) is 0 Å². The number of hydrogen-bond donors (Lipinski definition) is 1. The molecule has 0 aliphatic carbocycles. The Morgan fingerprint density at radius 1 is 1.50 bits per heavy atom. The third kappa shape index (κ3) is 3.28. The zero-order valence-electron chi connectivity index (χ0n) is 5.52. The van der Waals surface area contributed by atoms with Gasteiger partial charge in [0.25, 0.3) is 0 Å². The summed E-state index contributed by atoms with van der Waals surface area (Å²) in [5.41, 5.74) is 5.64. The summed E-state index contributed by atoms with van der Waals surface area (Å²) in [7, 11) is 0. The Hall–Kier alpha value is 0.250. The van der Waals surface area contributed by atoms with E-state index in [0.717, 1.165) is 6.42 Å². The molecule has 2 N–H and O–H groups in total. The number of halogens is 1. The van der Waals surface area contributed by atoms with Gasteiger partial charge in [-0.3, -0.25) is 0 Å². The van der Waals surface area contributed by atoms with Gasteiger partial charge in [0.1, 0.15) is 0 Å². The SMILES string of the molecule is CC(C)C(N)CCCl. The maximum Gasteiger partial charge on any atom is 0.0238 e. The van der Waals surface area contributed by atoms with Crippen LogP contribution in [0.5, 0.6) is 0 Å². The molecule has 50 valence electrons. The predicted octanol–water partition coefficient (Wildman–Crippen LogP) is 1.60. The quantitative estimate of drug-likeness (QED) is 0.585. The van der Waals surface area contributed by atoms with Crippen LogP contribution >= 0.6 is 11.6 Å². The molecule has 0 aromatic heterocycles. The maximum atomic E-state index is 5.64. The molecule has 1 unspecified atom stereocenters. The van der Waals surface area contributed by atoms with E-state index in [1.807, 2.05) is 0 Å². The Balaban J connectivity index is 3.17. The molecule has 0 rings (SSSR count). The number of rotatable bonds is 3. The van der Waals surface area contributed by atoms with Crippen LogP contribution in [0, 0.1) is 5.92 Å². The van der Waals surface area contributed by atoms with E-state index in [4.69, 9.17) is 17.3 Å². The first kappa shape index (κ1) is 8.25. The monoisotopic (exact) mass is 135 g/mol. The molecule has 0 aliphatic heterocycles. The van der Waals surface area contributed by atoms with E-state index in [1.54, 1.807) is 0 Å². The first-order valence-electron chi connectivity index (χ1n) is 3.00. The van der Waals surface area contributed by atoms with Crippen molar-refractivity contribution in [3.8, 4) is 0 Å². The molecule has 0 saturated heterocycles. The standard InChI is InChI=1S/C6H14ClN/c1-5(2)6(8)3-4-7/h5-6H,3-4,8H2,1-2H3. The lowest BCUT2D eigenvalue weighted by molar-refractivity contribution is 0.483. The van der Waals surface area contributed by atoms with Crippen LogP contribution in [0.2, 0.25) is 0 Å². The third-order valence-corrected chi connectivity index (χ3v) is 1.52. The third-order valence-electron chi connectivity index (χ3n) is 1.30. The fourth-order valence-electron chi connectivity index (χ4n) is 0.459. The smallest absolute Gasteiger partial charge is 0.0238 e. The summed E-state index contributed by atoms with van der Waals surface area (Å²) in [5, 5.41) is 0. The highest BCUT2D eigenvalue weighted by molar-refractivity contribution is 6.17. The van der Waals surface area contributed by atoms with Crippen LogP contribution in [-0.2, 0) is 0 Å². The Morgan fingerprint density at radius 2 is 2.00 bits per heavy atom. The van der Waals surface area contributed by atoms with Gasteiger partial charge in [0, 0.05) is 11.9 Å². The molecular weight excluding hydrogens is 122 g/mol. The Labute approximate surface area is 56.2 Å². The molecule has 0 fully saturated rings. The molecule has 0 saturated carbocycles. The minimum absolute atomic E-state index is 0.285. The highest BCUT2D eigenvalue weighted by Gasteiger charge is 2.04. The van der Waals surface area contributed by atoms with Crippen molar-refractivity contribution >= 4 is 11.6 Å². The largest absolute Gasteiger partial charge is 0.327 e. The van der Waals surface area contributed by atoms with Crippen LogP contribution in [0.4, 0.5) is 0 Å². The van der Waals surface area contributed by atoms with E-state index in [-0.39, 0.29) is 6.04 Å². The summed E-state index contributed by atoms with van der Waals surface area (Å²) in [6.45, 7) is 4.22. The second-order valence-corrected chi connectivity index (χ2v) is 2.76. The fraction of sp³-hybridized carbons (Fsp3) is 1.00. The molecule has 1 nitrogen and oxygen atoms in total. The minimum atomic E-state index is 0.285. The highest BCUT2D eigenvalue weighted by atomic mass is 35.5. The van der Waals surface area contributed by atoms with Gasteiger partial charge in [-0.1, -0.05) is 13.8 Å². The van der Waals surface area contributed by atoms with Crippen molar-refractivity contribution < 1.29 is 0 Å². The van der Waals surface area contributed by atoms with Gasteiger partial charge in [0.2, 0.25) is 0 Å². The van der Waals surface area contributed by atoms with Crippen molar-refractivity contribution in [3.05, 3.63) is 0 Å². The molecular formula is C6H14ClN. The Morgan fingerprint density at radius 3 is 2.12 bits per heavy atom. The van der Waals surface area contributed by atoms with Crippen LogP contribution in [0.3, 0.4) is 0 Å². The molecule has 0 spiro atoms. The molecule has 0 bridgehead atoms.